The molecule has 4 rings (SSSR count). The monoisotopic (exact) mass is 362 g/mol. The van der Waals surface area contributed by atoms with Crippen molar-refractivity contribution >= 4 is 11.8 Å². The molecule has 0 aliphatic carbocycles. The van der Waals surface area contributed by atoms with E-state index in [2.05, 4.69) is 15.2 Å². The molecule has 0 radical (unpaired) electrons. The Morgan fingerprint density at radius 3 is 2.69 bits per heavy atom. The highest BCUT2D eigenvalue weighted by molar-refractivity contribution is 7.98. The number of aromatic nitrogens is 4. The summed E-state index contributed by atoms with van der Waals surface area (Å²) in [6.45, 7) is 0. The Morgan fingerprint density at radius 1 is 1.04 bits per heavy atom. The van der Waals surface area contributed by atoms with Crippen LogP contribution >= 0.6 is 11.8 Å². The van der Waals surface area contributed by atoms with Crippen molar-refractivity contribution in [2.75, 3.05) is 6.26 Å². The van der Waals surface area contributed by atoms with Gasteiger partial charge in [0.25, 0.3) is 5.89 Å². The smallest absolute Gasteiger partial charge is 0.282 e. The minimum absolute atomic E-state index is 0.101. The zero-order valence-corrected chi connectivity index (χ0v) is 14.7. The van der Waals surface area contributed by atoms with Crippen molar-refractivity contribution in [1.82, 2.24) is 19.9 Å². The van der Waals surface area contributed by atoms with Crippen molar-refractivity contribution in [3.8, 4) is 28.7 Å². The second-order valence-electron chi connectivity index (χ2n) is 5.46. The second kappa shape index (κ2) is 6.97. The van der Waals surface area contributed by atoms with Gasteiger partial charge in [0.15, 0.2) is 5.69 Å². The lowest BCUT2D eigenvalue weighted by molar-refractivity contribution is 0.429. The van der Waals surface area contributed by atoms with Gasteiger partial charge in [0.05, 0.1) is 5.69 Å². The topological polar surface area (TPSA) is 73.8 Å². The Balaban J connectivity index is 1.76. The van der Waals surface area contributed by atoms with E-state index in [1.54, 1.807) is 22.6 Å². The predicted molar refractivity (Wildman–Crippen MR) is 100 cm³/mol. The third kappa shape index (κ3) is 3.16. The fraction of sp³-hybridized carbons (Fsp3) is 0.0526. The van der Waals surface area contributed by atoms with E-state index in [0.717, 1.165) is 16.1 Å². The summed E-state index contributed by atoms with van der Waals surface area (Å²) in [5.74, 6) is 0.519. The van der Waals surface area contributed by atoms with E-state index in [-0.39, 0.29) is 17.0 Å². The molecule has 0 bridgehead atoms. The molecule has 2 aromatic heterocycles. The summed E-state index contributed by atoms with van der Waals surface area (Å²) in [5.41, 5.74) is 1.51. The average Bonchev–Trinajstić information content (AvgIpc) is 3.19. The molecule has 0 atom stereocenters. The van der Waals surface area contributed by atoms with Crippen LogP contribution in [-0.4, -0.2) is 26.2 Å². The summed E-state index contributed by atoms with van der Waals surface area (Å²) in [4.78, 5) is 17.7. The fourth-order valence-electron chi connectivity index (χ4n) is 2.48. The van der Waals surface area contributed by atoms with Gasteiger partial charge in [-0.3, -0.25) is 4.79 Å². The molecule has 0 saturated heterocycles. The number of thioether (sulfide) groups is 1. The van der Waals surface area contributed by atoms with Crippen molar-refractivity contribution in [3.63, 3.8) is 0 Å². The van der Waals surface area contributed by atoms with Gasteiger partial charge in [-0.05, 0) is 24.5 Å². The van der Waals surface area contributed by atoms with E-state index < -0.39 is 0 Å². The van der Waals surface area contributed by atoms with E-state index in [9.17, 15) is 4.79 Å². The van der Waals surface area contributed by atoms with E-state index in [4.69, 9.17) is 4.52 Å². The van der Waals surface area contributed by atoms with Crippen LogP contribution in [0.2, 0.25) is 0 Å². The molecule has 0 N–H and O–H groups in total. The predicted octanol–water partition coefficient (Wildman–Crippen LogP) is 3.67. The van der Waals surface area contributed by atoms with Crippen LogP contribution < -0.4 is 5.43 Å². The van der Waals surface area contributed by atoms with Gasteiger partial charge in [-0.15, -0.1) is 11.8 Å². The molecule has 0 saturated carbocycles. The number of benzene rings is 2. The first-order valence-electron chi connectivity index (χ1n) is 7.88. The first kappa shape index (κ1) is 16.3. The van der Waals surface area contributed by atoms with Crippen LogP contribution in [0.1, 0.15) is 0 Å². The van der Waals surface area contributed by atoms with Crippen molar-refractivity contribution in [2.45, 2.75) is 4.90 Å². The molecule has 2 aromatic carbocycles. The second-order valence-corrected chi connectivity index (χ2v) is 6.34. The van der Waals surface area contributed by atoms with Gasteiger partial charge in [-0.25, -0.2) is 4.68 Å². The molecule has 2 heterocycles. The van der Waals surface area contributed by atoms with Crippen LogP contribution in [-0.2, 0) is 0 Å². The molecule has 7 heteroatoms. The maximum Gasteiger partial charge on any atom is 0.282 e. The Morgan fingerprint density at radius 2 is 1.88 bits per heavy atom. The molecule has 0 spiro atoms. The lowest BCUT2D eigenvalue weighted by Gasteiger charge is -2.07. The van der Waals surface area contributed by atoms with Gasteiger partial charge < -0.3 is 4.52 Å². The quantitative estimate of drug-likeness (QED) is 0.516. The molecule has 128 valence electrons. The first-order chi connectivity index (χ1) is 12.7. The highest BCUT2D eigenvalue weighted by Crippen LogP contribution is 2.20. The summed E-state index contributed by atoms with van der Waals surface area (Å²) in [5, 5.41) is 8.35. The largest absolute Gasteiger partial charge is 0.332 e. The maximum absolute atomic E-state index is 12.3. The van der Waals surface area contributed by atoms with Crippen molar-refractivity contribution < 1.29 is 4.52 Å². The lowest BCUT2D eigenvalue weighted by atomic mass is 10.2. The zero-order valence-electron chi connectivity index (χ0n) is 13.9. The summed E-state index contributed by atoms with van der Waals surface area (Å²) < 4.78 is 6.91. The molecule has 0 amide bonds. The zero-order chi connectivity index (χ0) is 17.9. The number of rotatable bonds is 4. The normalized spacial score (nSPS) is 10.8. The molecule has 0 aliphatic rings. The summed E-state index contributed by atoms with van der Waals surface area (Å²) in [6, 6.07) is 18.8. The molecule has 6 nitrogen and oxygen atoms in total. The minimum Gasteiger partial charge on any atom is -0.332 e. The SMILES string of the molecule is CSc1cccc(-n2ccc(=O)c(-c3nc(-c4ccccc4)no3)n2)c1. The number of nitrogens with zero attached hydrogens (tertiary/aromatic N) is 4. The lowest BCUT2D eigenvalue weighted by Crippen LogP contribution is -2.12. The molecule has 0 fully saturated rings. The Hall–Kier alpha value is -3.19. The van der Waals surface area contributed by atoms with E-state index >= 15 is 0 Å². The van der Waals surface area contributed by atoms with Gasteiger partial charge in [-0.1, -0.05) is 41.6 Å². The van der Waals surface area contributed by atoms with Crippen molar-refractivity contribution in [1.29, 1.82) is 0 Å². The average molecular weight is 362 g/mol. The summed E-state index contributed by atoms with van der Waals surface area (Å²) >= 11 is 1.64. The van der Waals surface area contributed by atoms with Crippen LogP contribution in [0, 0.1) is 0 Å². The number of hydrogen-bond acceptors (Lipinski definition) is 6. The van der Waals surface area contributed by atoms with E-state index in [0.29, 0.717) is 5.82 Å². The molecule has 0 unspecified atom stereocenters. The molecular weight excluding hydrogens is 348 g/mol. The van der Waals surface area contributed by atoms with E-state index in [1.165, 1.54) is 6.07 Å². The van der Waals surface area contributed by atoms with Crippen LogP contribution in [0.15, 0.2) is 81.1 Å². The van der Waals surface area contributed by atoms with Gasteiger partial charge in [0.1, 0.15) is 0 Å². The summed E-state index contributed by atoms with van der Waals surface area (Å²) in [7, 11) is 0. The Labute approximate surface area is 153 Å². The highest BCUT2D eigenvalue weighted by Gasteiger charge is 2.16. The van der Waals surface area contributed by atoms with Crippen molar-refractivity contribution in [3.05, 3.63) is 77.1 Å². The third-order valence-electron chi connectivity index (χ3n) is 3.79. The Bertz CT molecular complexity index is 1110. The third-order valence-corrected chi connectivity index (χ3v) is 4.51. The van der Waals surface area contributed by atoms with Crippen LogP contribution in [0.4, 0.5) is 0 Å². The van der Waals surface area contributed by atoms with Gasteiger partial charge in [0, 0.05) is 22.7 Å². The highest BCUT2D eigenvalue weighted by atomic mass is 32.2. The molecule has 0 aliphatic heterocycles. The number of hydrogen-bond donors (Lipinski definition) is 0. The Kier molecular flexibility index (Phi) is 4.37. The standard InChI is InChI=1S/C19H14N4O2S/c1-26-15-9-5-8-14(12-15)23-11-10-16(24)17(21-23)19-20-18(22-25-19)13-6-3-2-4-7-13/h2-12H,1H3. The first-order valence-corrected chi connectivity index (χ1v) is 9.11. The summed E-state index contributed by atoms with van der Waals surface area (Å²) in [6.07, 6.45) is 3.63. The van der Waals surface area contributed by atoms with Crippen molar-refractivity contribution in [2.24, 2.45) is 0 Å². The van der Waals surface area contributed by atoms with Gasteiger partial charge in [0.2, 0.25) is 11.3 Å². The van der Waals surface area contributed by atoms with Crippen LogP contribution in [0.25, 0.3) is 28.7 Å². The minimum atomic E-state index is -0.273. The van der Waals surface area contributed by atoms with Crippen LogP contribution in [0.5, 0.6) is 0 Å². The molecule has 4 aromatic rings. The fourth-order valence-corrected chi connectivity index (χ4v) is 2.93. The van der Waals surface area contributed by atoms with Crippen LogP contribution in [0.3, 0.4) is 0 Å². The molecule has 26 heavy (non-hydrogen) atoms. The van der Waals surface area contributed by atoms with E-state index in [1.807, 2.05) is 60.9 Å². The maximum atomic E-state index is 12.3. The van der Waals surface area contributed by atoms with Gasteiger partial charge in [-0.2, -0.15) is 10.1 Å². The molecular formula is C19H14N4O2S. The van der Waals surface area contributed by atoms with Gasteiger partial charge >= 0.3 is 0 Å².